The third-order valence-corrected chi connectivity index (χ3v) is 3.56. The summed E-state index contributed by atoms with van der Waals surface area (Å²) >= 11 is 6.13. The smallest absolute Gasteiger partial charge is 0.192 e. The lowest BCUT2D eigenvalue weighted by Crippen LogP contribution is -2.47. The van der Waals surface area contributed by atoms with Crippen LogP contribution in [-0.2, 0) is 5.54 Å². The van der Waals surface area contributed by atoms with Crippen molar-refractivity contribution in [2.24, 2.45) is 10.7 Å². The molecule has 0 fully saturated rings. The lowest BCUT2D eigenvalue weighted by atomic mass is 9.91. The Morgan fingerprint density at radius 1 is 1.67 bits per heavy atom. The van der Waals surface area contributed by atoms with Crippen LogP contribution in [0.5, 0.6) is 0 Å². The van der Waals surface area contributed by atoms with E-state index in [1.807, 2.05) is 11.8 Å². The first-order valence-corrected chi connectivity index (χ1v) is 6.01. The Hall–Kier alpha value is -1.55. The first-order valence-electron chi connectivity index (χ1n) is 5.63. The van der Waals surface area contributed by atoms with Crippen molar-refractivity contribution in [1.29, 1.82) is 0 Å². The molecule has 0 saturated heterocycles. The fourth-order valence-electron chi connectivity index (χ4n) is 2.24. The van der Waals surface area contributed by atoms with Gasteiger partial charge in [-0.05, 0) is 24.6 Å². The molecular formula is C13H15ClFN3. The molecule has 2 N–H and O–H groups in total. The van der Waals surface area contributed by atoms with Crippen molar-refractivity contribution in [3.63, 3.8) is 0 Å². The molecular weight excluding hydrogens is 253 g/mol. The second kappa shape index (κ2) is 4.61. The SMILES string of the molecule is C=CCN1C(N)=NCC1(C)c1ccc(F)cc1Cl. The number of rotatable bonds is 3. The topological polar surface area (TPSA) is 41.6 Å². The molecule has 5 heteroatoms. The van der Waals surface area contributed by atoms with Crippen molar-refractivity contribution >= 4 is 17.6 Å². The summed E-state index contributed by atoms with van der Waals surface area (Å²) in [5, 5.41) is 0.386. The van der Waals surface area contributed by atoms with Crippen molar-refractivity contribution in [3.8, 4) is 0 Å². The minimum Gasteiger partial charge on any atom is -0.370 e. The maximum absolute atomic E-state index is 13.1. The summed E-state index contributed by atoms with van der Waals surface area (Å²) < 4.78 is 13.1. The van der Waals surface area contributed by atoms with Gasteiger partial charge in [0.25, 0.3) is 0 Å². The van der Waals surface area contributed by atoms with E-state index in [-0.39, 0.29) is 5.82 Å². The zero-order valence-electron chi connectivity index (χ0n) is 10.2. The van der Waals surface area contributed by atoms with Crippen LogP contribution in [0.1, 0.15) is 12.5 Å². The van der Waals surface area contributed by atoms with Crippen LogP contribution in [-0.4, -0.2) is 23.9 Å². The van der Waals surface area contributed by atoms with Gasteiger partial charge in [0.1, 0.15) is 5.82 Å². The predicted molar refractivity (Wildman–Crippen MR) is 72.2 cm³/mol. The highest BCUT2D eigenvalue weighted by atomic mass is 35.5. The van der Waals surface area contributed by atoms with Gasteiger partial charge < -0.3 is 10.6 Å². The van der Waals surface area contributed by atoms with Gasteiger partial charge in [0.05, 0.1) is 12.1 Å². The van der Waals surface area contributed by atoms with Gasteiger partial charge in [0.2, 0.25) is 0 Å². The maximum atomic E-state index is 13.1. The monoisotopic (exact) mass is 267 g/mol. The molecule has 0 radical (unpaired) electrons. The molecule has 1 aromatic carbocycles. The summed E-state index contributed by atoms with van der Waals surface area (Å²) in [5.74, 6) is 0.104. The van der Waals surface area contributed by atoms with Crippen molar-refractivity contribution in [2.45, 2.75) is 12.5 Å². The van der Waals surface area contributed by atoms with E-state index in [1.54, 1.807) is 12.1 Å². The average Bonchev–Trinajstić information content (AvgIpc) is 2.58. The summed E-state index contributed by atoms with van der Waals surface area (Å²) in [6.45, 7) is 6.76. The van der Waals surface area contributed by atoms with Gasteiger partial charge in [0.15, 0.2) is 5.96 Å². The minimum absolute atomic E-state index is 0.352. The van der Waals surface area contributed by atoms with Crippen LogP contribution >= 0.6 is 11.6 Å². The van der Waals surface area contributed by atoms with Gasteiger partial charge in [-0.15, -0.1) is 6.58 Å². The first-order chi connectivity index (χ1) is 8.49. The van der Waals surface area contributed by atoms with Gasteiger partial charge in [0, 0.05) is 11.6 Å². The molecule has 3 nitrogen and oxygen atoms in total. The van der Waals surface area contributed by atoms with E-state index in [2.05, 4.69) is 11.6 Å². The predicted octanol–water partition coefficient (Wildman–Crippen LogP) is 2.51. The number of hydrogen-bond donors (Lipinski definition) is 1. The van der Waals surface area contributed by atoms with Crippen LogP contribution < -0.4 is 5.73 Å². The number of guanidine groups is 1. The van der Waals surface area contributed by atoms with Crippen LogP contribution in [0.25, 0.3) is 0 Å². The van der Waals surface area contributed by atoms with Crippen LogP contribution in [0.15, 0.2) is 35.8 Å². The molecule has 0 saturated carbocycles. The molecule has 0 amide bonds. The van der Waals surface area contributed by atoms with Gasteiger partial charge in [-0.25, -0.2) is 4.39 Å². The molecule has 0 aromatic heterocycles. The first kappa shape index (κ1) is 12.9. The summed E-state index contributed by atoms with van der Waals surface area (Å²) in [4.78, 5) is 6.17. The van der Waals surface area contributed by atoms with Crippen molar-refractivity contribution in [2.75, 3.05) is 13.1 Å². The second-order valence-electron chi connectivity index (χ2n) is 4.47. The van der Waals surface area contributed by atoms with Gasteiger partial charge >= 0.3 is 0 Å². The molecule has 18 heavy (non-hydrogen) atoms. The number of nitrogens with zero attached hydrogens (tertiary/aromatic N) is 2. The Morgan fingerprint density at radius 3 is 3.00 bits per heavy atom. The number of benzene rings is 1. The zero-order chi connectivity index (χ0) is 13.3. The summed E-state index contributed by atoms with van der Waals surface area (Å²) in [6, 6.07) is 4.39. The lowest BCUT2D eigenvalue weighted by molar-refractivity contribution is 0.245. The number of hydrogen-bond acceptors (Lipinski definition) is 3. The number of halogens is 2. The Kier molecular flexibility index (Phi) is 3.30. The fourth-order valence-corrected chi connectivity index (χ4v) is 2.61. The third-order valence-electron chi connectivity index (χ3n) is 3.24. The van der Waals surface area contributed by atoms with Crippen LogP contribution in [0.3, 0.4) is 0 Å². The molecule has 0 spiro atoms. The molecule has 0 bridgehead atoms. The lowest BCUT2D eigenvalue weighted by Gasteiger charge is -2.36. The molecule has 96 valence electrons. The highest BCUT2D eigenvalue weighted by molar-refractivity contribution is 6.31. The van der Waals surface area contributed by atoms with Crippen molar-refractivity contribution in [3.05, 3.63) is 47.3 Å². The van der Waals surface area contributed by atoms with E-state index in [0.717, 1.165) is 5.56 Å². The molecule has 1 aliphatic heterocycles. The average molecular weight is 268 g/mol. The van der Waals surface area contributed by atoms with Gasteiger partial charge in [-0.1, -0.05) is 23.7 Å². The number of aliphatic imine (C=N–C) groups is 1. The van der Waals surface area contributed by atoms with Crippen LogP contribution in [0, 0.1) is 5.82 Å². The molecule has 1 aliphatic rings. The maximum Gasteiger partial charge on any atom is 0.192 e. The molecule has 1 unspecified atom stereocenters. The standard InChI is InChI=1S/C13H15ClFN3/c1-3-6-18-12(16)17-8-13(18,2)10-5-4-9(15)7-11(10)14/h3-5,7H,1,6,8H2,2H3,(H2,16,17). The Morgan fingerprint density at radius 2 is 2.39 bits per heavy atom. The van der Waals surface area contributed by atoms with E-state index in [4.69, 9.17) is 17.3 Å². The minimum atomic E-state index is -0.455. The Labute approximate surface area is 111 Å². The largest absolute Gasteiger partial charge is 0.370 e. The Balaban J connectivity index is 2.45. The molecule has 2 rings (SSSR count). The highest BCUT2D eigenvalue weighted by Crippen LogP contribution is 2.36. The molecule has 1 aromatic rings. The van der Waals surface area contributed by atoms with Crippen LogP contribution in [0.4, 0.5) is 4.39 Å². The molecule has 0 aliphatic carbocycles. The third kappa shape index (κ3) is 1.97. The van der Waals surface area contributed by atoms with Gasteiger partial charge in [-0.2, -0.15) is 0 Å². The van der Waals surface area contributed by atoms with Crippen molar-refractivity contribution in [1.82, 2.24) is 4.90 Å². The molecule has 1 atom stereocenters. The summed E-state index contributed by atoms with van der Waals surface area (Å²) in [6.07, 6.45) is 1.75. The Bertz CT molecular complexity index is 515. The van der Waals surface area contributed by atoms with Crippen LogP contribution in [0.2, 0.25) is 5.02 Å². The van der Waals surface area contributed by atoms with E-state index in [1.165, 1.54) is 12.1 Å². The van der Waals surface area contributed by atoms with E-state index in [0.29, 0.717) is 24.1 Å². The number of nitrogens with two attached hydrogens (primary N) is 1. The summed E-state index contributed by atoms with van der Waals surface area (Å²) in [5.41, 5.74) is 6.23. The second-order valence-corrected chi connectivity index (χ2v) is 4.88. The zero-order valence-corrected chi connectivity index (χ0v) is 10.9. The highest BCUT2D eigenvalue weighted by Gasteiger charge is 2.40. The summed E-state index contributed by atoms with van der Waals surface area (Å²) in [7, 11) is 0. The van der Waals surface area contributed by atoms with Gasteiger partial charge in [-0.3, -0.25) is 4.99 Å². The fraction of sp³-hybridized carbons (Fsp3) is 0.308. The quantitative estimate of drug-likeness (QED) is 0.855. The van der Waals surface area contributed by atoms with Crippen molar-refractivity contribution < 1.29 is 4.39 Å². The molecule has 1 heterocycles. The van der Waals surface area contributed by atoms with E-state index < -0.39 is 5.54 Å². The normalized spacial score (nSPS) is 23.1. The van der Waals surface area contributed by atoms with E-state index in [9.17, 15) is 4.39 Å². The van der Waals surface area contributed by atoms with E-state index >= 15 is 0 Å².